The van der Waals surface area contributed by atoms with Crippen LogP contribution in [0.5, 0.6) is 5.75 Å². The van der Waals surface area contributed by atoms with E-state index >= 15 is 0 Å². The van der Waals surface area contributed by atoms with E-state index < -0.39 is 15.7 Å². The summed E-state index contributed by atoms with van der Waals surface area (Å²) in [6, 6.07) is 5.76. The number of carbonyl (C=O) groups excluding carboxylic acids is 2. The van der Waals surface area contributed by atoms with Crippen LogP contribution in [0, 0.1) is 0 Å². The Morgan fingerprint density at radius 3 is 2.48 bits per heavy atom. The van der Waals surface area contributed by atoms with Crippen LogP contribution in [0.4, 0.5) is 0 Å². The summed E-state index contributed by atoms with van der Waals surface area (Å²) in [7, 11) is -1.58. The fourth-order valence-corrected chi connectivity index (χ4v) is 4.40. The van der Waals surface area contributed by atoms with Crippen LogP contribution in [-0.4, -0.2) is 69.5 Å². The quantitative estimate of drug-likeness (QED) is 0.679. The Morgan fingerprint density at radius 1 is 1.28 bits per heavy atom. The van der Waals surface area contributed by atoms with Gasteiger partial charge < -0.3 is 20.1 Å². The smallest absolute Gasteiger partial charge is 0.260 e. The maximum Gasteiger partial charge on any atom is 0.260 e. The van der Waals surface area contributed by atoms with Gasteiger partial charge in [0.15, 0.2) is 16.4 Å². The fourth-order valence-electron chi connectivity index (χ4n) is 2.67. The van der Waals surface area contributed by atoms with Crippen molar-refractivity contribution in [2.45, 2.75) is 12.5 Å². The van der Waals surface area contributed by atoms with E-state index in [0.717, 1.165) is 0 Å². The number of primary amides is 1. The van der Waals surface area contributed by atoms with Gasteiger partial charge in [-0.25, -0.2) is 8.42 Å². The average Bonchev–Trinajstić information content (AvgIpc) is 2.93. The minimum Gasteiger partial charge on any atom is -0.484 e. The van der Waals surface area contributed by atoms with Gasteiger partial charge in [0.1, 0.15) is 5.75 Å². The van der Waals surface area contributed by atoms with Crippen LogP contribution in [0.2, 0.25) is 0 Å². The van der Waals surface area contributed by atoms with E-state index in [4.69, 9.17) is 15.2 Å². The zero-order chi connectivity index (χ0) is 18.4. The lowest BCUT2D eigenvalue weighted by Gasteiger charge is -2.28. The fraction of sp³-hybridized carbons (Fsp3) is 0.500. The van der Waals surface area contributed by atoms with Crippen molar-refractivity contribution in [1.82, 2.24) is 4.90 Å². The van der Waals surface area contributed by atoms with Gasteiger partial charge in [0.2, 0.25) is 5.91 Å². The molecule has 0 bridgehead atoms. The maximum atomic E-state index is 12.5. The van der Waals surface area contributed by atoms with Gasteiger partial charge in [-0.05, 0) is 30.7 Å². The Kier molecular flexibility index (Phi) is 6.38. The van der Waals surface area contributed by atoms with E-state index in [1.807, 2.05) is 0 Å². The number of nitrogens with two attached hydrogens (primary N) is 1. The second-order valence-corrected chi connectivity index (χ2v) is 8.04. The maximum absolute atomic E-state index is 12.5. The monoisotopic (exact) mass is 370 g/mol. The first-order valence-corrected chi connectivity index (χ1v) is 9.66. The average molecular weight is 370 g/mol. The van der Waals surface area contributed by atoms with Gasteiger partial charge in [0.25, 0.3) is 5.91 Å². The molecule has 8 nitrogen and oxygen atoms in total. The summed E-state index contributed by atoms with van der Waals surface area (Å²) in [5.41, 5.74) is 5.51. The van der Waals surface area contributed by atoms with E-state index in [1.54, 1.807) is 12.1 Å². The summed E-state index contributed by atoms with van der Waals surface area (Å²) >= 11 is 0. The molecular weight excluding hydrogens is 348 g/mol. The number of nitrogens with zero attached hydrogens (tertiary/aromatic N) is 1. The molecule has 2 N–H and O–H groups in total. The Bertz CT molecular complexity index is 717. The lowest BCUT2D eigenvalue weighted by Crippen LogP contribution is -2.45. The topological polar surface area (TPSA) is 116 Å². The summed E-state index contributed by atoms with van der Waals surface area (Å²) in [6.45, 7) is 0.394. The molecule has 1 aromatic carbocycles. The van der Waals surface area contributed by atoms with Crippen LogP contribution >= 0.6 is 0 Å². The predicted octanol–water partition coefficient (Wildman–Crippen LogP) is -0.174. The first-order chi connectivity index (χ1) is 11.8. The molecule has 1 fully saturated rings. The Balaban J connectivity index is 1.97. The molecule has 2 amide bonds. The molecule has 1 saturated heterocycles. The molecule has 0 spiro atoms. The van der Waals surface area contributed by atoms with Crippen molar-refractivity contribution in [3.8, 4) is 5.75 Å². The highest BCUT2D eigenvalue weighted by Crippen LogP contribution is 2.18. The lowest BCUT2D eigenvalue weighted by atomic mass is 10.2. The van der Waals surface area contributed by atoms with Crippen molar-refractivity contribution < 1.29 is 27.5 Å². The first-order valence-electron chi connectivity index (χ1n) is 7.84. The molecule has 1 aliphatic heterocycles. The van der Waals surface area contributed by atoms with Crippen LogP contribution in [0.3, 0.4) is 0 Å². The zero-order valence-corrected chi connectivity index (χ0v) is 14.8. The SMILES string of the molecule is COCCN(C(=O)COc1ccc(C(N)=O)cc1)[C@H]1CCS(=O)(=O)C1. The molecule has 138 valence electrons. The molecule has 0 radical (unpaired) electrons. The lowest BCUT2D eigenvalue weighted by molar-refractivity contribution is -0.136. The van der Waals surface area contributed by atoms with E-state index in [9.17, 15) is 18.0 Å². The van der Waals surface area contributed by atoms with Gasteiger partial charge in [-0.2, -0.15) is 0 Å². The number of amides is 2. The van der Waals surface area contributed by atoms with Gasteiger partial charge in [-0.15, -0.1) is 0 Å². The molecular formula is C16H22N2O6S. The Morgan fingerprint density at radius 2 is 1.96 bits per heavy atom. The number of hydrogen-bond donors (Lipinski definition) is 1. The van der Waals surface area contributed by atoms with Crippen molar-refractivity contribution in [2.75, 3.05) is 38.4 Å². The highest BCUT2D eigenvalue weighted by Gasteiger charge is 2.34. The van der Waals surface area contributed by atoms with Gasteiger partial charge in [-0.3, -0.25) is 9.59 Å². The highest BCUT2D eigenvalue weighted by molar-refractivity contribution is 7.91. The van der Waals surface area contributed by atoms with Crippen LogP contribution in [0.1, 0.15) is 16.8 Å². The zero-order valence-electron chi connectivity index (χ0n) is 14.0. The van der Waals surface area contributed by atoms with Gasteiger partial charge in [0.05, 0.1) is 18.1 Å². The second kappa shape index (κ2) is 8.30. The van der Waals surface area contributed by atoms with E-state index in [2.05, 4.69) is 0 Å². The highest BCUT2D eigenvalue weighted by atomic mass is 32.2. The normalized spacial score (nSPS) is 18.7. The molecule has 0 saturated carbocycles. The van der Waals surface area contributed by atoms with E-state index in [0.29, 0.717) is 30.9 Å². The van der Waals surface area contributed by atoms with Crippen LogP contribution in [-0.2, 0) is 19.4 Å². The molecule has 1 aromatic rings. The molecule has 1 heterocycles. The minimum absolute atomic E-state index is 0.0320. The minimum atomic E-state index is -3.10. The van der Waals surface area contributed by atoms with E-state index in [1.165, 1.54) is 24.1 Å². The van der Waals surface area contributed by atoms with Crippen molar-refractivity contribution >= 4 is 21.7 Å². The van der Waals surface area contributed by atoms with Crippen molar-refractivity contribution in [3.63, 3.8) is 0 Å². The largest absolute Gasteiger partial charge is 0.484 e. The van der Waals surface area contributed by atoms with Gasteiger partial charge in [-0.1, -0.05) is 0 Å². The second-order valence-electron chi connectivity index (χ2n) is 5.81. The molecule has 1 atom stereocenters. The predicted molar refractivity (Wildman–Crippen MR) is 91.1 cm³/mol. The number of rotatable bonds is 8. The number of benzene rings is 1. The number of hydrogen-bond acceptors (Lipinski definition) is 6. The molecule has 0 aromatic heterocycles. The summed E-state index contributed by atoms with van der Waals surface area (Å²) in [4.78, 5) is 25.0. The van der Waals surface area contributed by atoms with Gasteiger partial charge in [0, 0.05) is 25.3 Å². The third-order valence-electron chi connectivity index (χ3n) is 4.01. The third kappa shape index (κ3) is 5.43. The van der Waals surface area contributed by atoms with Gasteiger partial charge >= 0.3 is 0 Å². The van der Waals surface area contributed by atoms with E-state index in [-0.39, 0.29) is 30.1 Å². The summed E-state index contributed by atoms with van der Waals surface area (Å²) in [5.74, 6) is -0.377. The van der Waals surface area contributed by atoms with Crippen molar-refractivity contribution in [1.29, 1.82) is 0 Å². The summed E-state index contributed by atoms with van der Waals surface area (Å²) in [5, 5.41) is 0. The Hall–Kier alpha value is -2.13. The van der Waals surface area contributed by atoms with Crippen LogP contribution in [0.25, 0.3) is 0 Å². The molecule has 0 unspecified atom stereocenters. The molecule has 25 heavy (non-hydrogen) atoms. The van der Waals surface area contributed by atoms with Crippen molar-refractivity contribution in [3.05, 3.63) is 29.8 Å². The number of methoxy groups -OCH3 is 1. The summed E-state index contributed by atoms with van der Waals surface area (Å²) < 4.78 is 33.8. The third-order valence-corrected chi connectivity index (χ3v) is 5.76. The molecule has 2 rings (SSSR count). The number of sulfone groups is 1. The molecule has 9 heteroatoms. The standard InChI is InChI=1S/C16H22N2O6S/c1-23-8-7-18(13-6-9-25(21,22)11-13)15(19)10-24-14-4-2-12(3-5-14)16(17)20/h2-5,13H,6-11H2,1H3,(H2,17,20)/t13-/m0/s1. The molecule has 0 aliphatic carbocycles. The number of carbonyl (C=O) groups is 2. The summed E-state index contributed by atoms with van der Waals surface area (Å²) in [6.07, 6.45) is 0.422. The van der Waals surface area contributed by atoms with Crippen molar-refractivity contribution in [2.24, 2.45) is 5.73 Å². The molecule has 1 aliphatic rings. The van der Waals surface area contributed by atoms with Crippen LogP contribution < -0.4 is 10.5 Å². The first kappa shape index (κ1) is 19.2. The Labute approximate surface area is 146 Å². The van der Waals surface area contributed by atoms with Crippen LogP contribution in [0.15, 0.2) is 24.3 Å². The number of ether oxygens (including phenoxy) is 2.